The Morgan fingerprint density at radius 3 is 2.52 bits per heavy atom. The molecule has 0 aliphatic heterocycles. The standard InChI is InChI=1S/C13H13ClN4O2S/c1-16(7-8-4-5-10(14)21-8)11-9(6-15)12(19)18(3)13(20)17(11)2/h4-5H,7H2,1-3H3. The molecule has 0 atom stereocenters. The number of aromatic nitrogens is 2. The Balaban J connectivity index is 2.55. The molecule has 110 valence electrons. The van der Waals surface area contributed by atoms with E-state index in [1.54, 1.807) is 18.0 Å². The molecule has 6 nitrogen and oxygen atoms in total. The minimum Gasteiger partial charge on any atom is -0.355 e. The van der Waals surface area contributed by atoms with E-state index in [0.29, 0.717) is 16.7 Å². The minimum atomic E-state index is -0.591. The molecule has 2 aromatic rings. The van der Waals surface area contributed by atoms with Gasteiger partial charge in [0, 0.05) is 26.0 Å². The number of nitrogens with zero attached hydrogens (tertiary/aromatic N) is 4. The van der Waals surface area contributed by atoms with Gasteiger partial charge in [0.15, 0.2) is 5.56 Å². The van der Waals surface area contributed by atoms with Gasteiger partial charge in [0.05, 0.1) is 10.9 Å². The predicted molar refractivity (Wildman–Crippen MR) is 83.1 cm³/mol. The number of hydrogen-bond acceptors (Lipinski definition) is 5. The SMILES string of the molecule is CN(Cc1ccc(Cl)s1)c1c(C#N)c(=O)n(C)c(=O)n1C. The fraction of sp³-hybridized carbons (Fsp3) is 0.308. The molecule has 8 heteroatoms. The summed E-state index contributed by atoms with van der Waals surface area (Å²) < 4.78 is 2.89. The molecule has 0 unspecified atom stereocenters. The van der Waals surface area contributed by atoms with E-state index >= 15 is 0 Å². The average molecular weight is 325 g/mol. The lowest BCUT2D eigenvalue weighted by molar-refractivity contribution is 0.668. The lowest BCUT2D eigenvalue weighted by Crippen LogP contribution is -2.41. The van der Waals surface area contributed by atoms with Crippen molar-refractivity contribution in [3.8, 4) is 6.07 Å². The first-order valence-electron chi connectivity index (χ1n) is 6.02. The Morgan fingerprint density at radius 2 is 2.00 bits per heavy atom. The van der Waals surface area contributed by atoms with Gasteiger partial charge in [-0.1, -0.05) is 11.6 Å². The molecular formula is C13H13ClN4O2S. The Bertz CT molecular complexity index is 843. The normalized spacial score (nSPS) is 10.4. The van der Waals surface area contributed by atoms with Gasteiger partial charge in [-0.2, -0.15) is 5.26 Å². The van der Waals surface area contributed by atoms with Crippen molar-refractivity contribution in [3.05, 3.63) is 47.7 Å². The average Bonchev–Trinajstić information content (AvgIpc) is 2.85. The van der Waals surface area contributed by atoms with E-state index < -0.39 is 11.2 Å². The van der Waals surface area contributed by atoms with Crippen molar-refractivity contribution in [2.75, 3.05) is 11.9 Å². The quantitative estimate of drug-likeness (QED) is 0.853. The zero-order chi connectivity index (χ0) is 15.7. The van der Waals surface area contributed by atoms with Crippen LogP contribution in [0.2, 0.25) is 4.34 Å². The number of thiophene rings is 1. The van der Waals surface area contributed by atoms with E-state index in [2.05, 4.69) is 0 Å². The van der Waals surface area contributed by atoms with E-state index in [0.717, 1.165) is 9.44 Å². The maximum absolute atomic E-state index is 12.0. The molecule has 0 aliphatic rings. The van der Waals surface area contributed by atoms with E-state index in [4.69, 9.17) is 11.6 Å². The van der Waals surface area contributed by atoms with Gasteiger partial charge in [0.25, 0.3) is 5.56 Å². The molecule has 0 N–H and O–H groups in total. The highest BCUT2D eigenvalue weighted by molar-refractivity contribution is 7.16. The second-order valence-electron chi connectivity index (χ2n) is 4.58. The molecular weight excluding hydrogens is 312 g/mol. The zero-order valence-electron chi connectivity index (χ0n) is 11.8. The highest BCUT2D eigenvalue weighted by Gasteiger charge is 2.19. The van der Waals surface area contributed by atoms with Crippen LogP contribution in [0.25, 0.3) is 0 Å². The van der Waals surface area contributed by atoms with Crippen LogP contribution in [-0.2, 0) is 20.6 Å². The van der Waals surface area contributed by atoms with Crippen molar-refractivity contribution in [1.82, 2.24) is 9.13 Å². The Labute approximate surface area is 130 Å². The highest BCUT2D eigenvalue weighted by Crippen LogP contribution is 2.24. The minimum absolute atomic E-state index is 0.0512. The zero-order valence-corrected chi connectivity index (χ0v) is 13.3. The smallest absolute Gasteiger partial charge is 0.332 e. The van der Waals surface area contributed by atoms with Crippen LogP contribution in [0.1, 0.15) is 10.4 Å². The van der Waals surface area contributed by atoms with Gasteiger partial charge in [-0.3, -0.25) is 13.9 Å². The molecule has 2 heterocycles. The molecule has 0 aliphatic carbocycles. The lowest BCUT2D eigenvalue weighted by atomic mass is 10.3. The maximum atomic E-state index is 12.0. The molecule has 2 aromatic heterocycles. The summed E-state index contributed by atoms with van der Waals surface area (Å²) in [6, 6.07) is 5.54. The van der Waals surface area contributed by atoms with Gasteiger partial charge in [-0.15, -0.1) is 11.3 Å². The first-order valence-corrected chi connectivity index (χ1v) is 7.21. The fourth-order valence-electron chi connectivity index (χ4n) is 2.12. The van der Waals surface area contributed by atoms with Crippen molar-refractivity contribution >= 4 is 28.8 Å². The van der Waals surface area contributed by atoms with Crippen LogP contribution in [-0.4, -0.2) is 16.2 Å². The number of nitriles is 1. The summed E-state index contributed by atoms with van der Waals surface area (Å²) in [4.78, 5) is 26.7. The van der Waals surface area contributed by atoms with E-state index in [1.165, 1.54) is 30.0 Å². The van der Waals surface area contributed by atoms with Gasteiger partial charge in [-0.05, 0) is 12.1 Å². The summed E-state index contributed by atoms with van der Waals surface area (Å²) in [6.45, 7) is 0.451. The third-order valence-electron chi connectivity index (χ3n) is 3.13. The summed E-state index contributed by atoms with van der Waals surface area (Å²) in [7, 11) is 4.62. The van der Waals surface area contributed by atoms with Crippen molar-refractivity contribution in [2.45, 2.75) is 6.54 Å². The maximum Gasteiger partial charge on any atom is 0.332 e. The van der Waals surface area contributed by atoms with Crippen LogP contribution < -0.4 is 16.1 Å². The number of halogens is 1. The lowest BCUT2D eigenvalue weighted by Gasteiger charge is -2.22. The molecule has 0 bridgehead atoms. The van der Waals surface area contributed by atoms with Gasteiger partial charge in [0.2, 0.25) is 0 Å². The molecule has 0 radical (unpaired) electrons. The van der Waals surface area contributed by atoms with Crippen LogP contribution in [0.5, 0.6) is 0 Å². The molecule has 0 aromatic carbocycles. The van der Waals surface area contributed by atoms with Crippen LogP contribution >= 0.6 is 22.9 Å². The summed E-state index contributed by atoms with van der Waals surface area (Å²) in [6.07, 6.45) is 0. The van der Waals surface area contributed by atoms with Crippen molar-refractivity contribution < 1.29 is 0 Å². The first kappa shape index (κ1) is 15.4. The van der Waals surface area contributed by atoms with Crippen molar-refractivity contribution in [3.63, 3.8) is 0 Å². The Kier molecular flexibility index (Phi) is 4.21. The number of anilines is 1. The van der Waals surface area contributed by atoms with Crippen LogP contribution in [0.15, 0.2) is 21.7 Å². The molecule has 2 rings (SSSR count). The van der Waals surface area contributed by atoms with Gasteiger partial charge in [0.1, 0.15) is 11.9 Å². The van der Waals surface area contributed by atoms with Crippen LogP contribution in [0, 0.1) is 11.3 Å². The van der Waals surface area contributed by atoms with Crippen LogP contribution in [0.4, 0.5) is 5.82 Å². The number of hydrogen-bond donors (Lipinski definition) is 0. The van der Waals surface area contributed by atoms with Gasteiger partial charge >= 0.3 is 5.69 Å². The van der Waals surface area contributed by atoms with Gasteiger partial charge in [-0.25, -0.2) is 4.79 Å². The molecule has 21 heavy (non-hydrogen) atoms. The summed E-state index contributed by atoms with van der Waals surface area (Å²) in [5, 5.41) is 9.23. The molecule has 0 saturated carbocycles. The van der Waals surface area contributed by atoms with E-state index in [9.17, 15) is 14.9 Å². The Morgan fingerprint density at radius 1 is 1.33 bits per heavy atom. The van der Waals surface area contributed by atoms with Crippen molar-refractivity contribution in [2.24, 2.45) is 14.1 Å². The van der Waals surface area contributed by atoms with Gasteiger partial charge < -0.3 is 4.90 Å². The molecule has 0 amide bonds. The highest BCUT2D eigenvalue weighted by atomic mass is 35.5. The summed E-state index contributed by atoms with van der Waals surface area (Å²) in [5.74, 6) is 0.301. The van der Waals surface area contributed by atoms with Crippen LogP contribution in [0.3, 0.4) is 0 Å². The number of rotatable bonds is 3. The monoisotopic (exact) mass is 324 g/mol. The second kappa shape index (κ2) is 5.76. The fourth-order valence-corrected chi connectivity index (χ4v) is 3.26. The third-order valence-corrected chi connectivity index (χ3v) is 4.34. The predicted octanol–water partition coefficient (Wildman–Crippen LogP) is 1.31. The summed E-state index contributed by atoms with van der Waals surface area (Å²) in [5.41, 5.74) is -1.11. The van der Waals surface area contributed by atoms with E-state index in [-0.39, 0.29) is 5.56 Å². The van der Waals surface area contributed by atoms with E-state index in [1.807, 2.05) is 12.1 Å². The summed E-state index contributed by atoms with van der Waals surface area (Å²) >= 11 is 7.30. The topological polar surface area (TPSA) is 71.0 Å². The first-order chi connectivity index (χ1) is 9.86. The Hall–Kier alpha value is -2.04. The van der Waals surface area contributed by atoms with Crippen molar-refractivity contribution in [1.29, 1.82) is 5.26 Å². The second-order valence-corrected chi connectivity index (χ2v) is 6.38. The third kappa shape index (κ3) is 2.73. The molecule has 0 saturated heterocycles. The molecule has 0 fully saturated rings. The molecule has 0 spiro atoms. The largest absolute Gasteiger partial charge is 0.355 e.